The van der Waals surface area contributed by atoms with E-state index >= 15 is 0 Å². The van der Waals surface area contributed by atoms with Gasteiger partial charge in [0.25, 0.3) is 5.91 Å². The quantitative estimate of drug-likeness (QED) is 0.380. The van der Waals surface area contributed by atoms with Crippen molar-refractivity contribution in [3.8, 4) is 5.75 Å². The molecule has 1 spiro atoms. The van der Waals surface area contributed by atoms with Gasteiger partial charge in [0.15, 0.2) is 0 Å². The number of para-hydroxylation sites is 1. The minimum atomic E-state index is -4.77. The van der Waals surface area contributed by atoms with Crippen molar-refractivity contribution in [1.82, 2.24) is 14.8 Å². The van der Waals surface area contributed by atoms with Crippen LogP contribution in [0.25, 0.3) is 0 Å². The molecule has 2 fully saturated rings. The maximum absolute atomic E-state index is 13.8. The van der Waals surface area contributed by atoms with Gasteiger partial charge in [0.2, 0.25) is 5.91 Å². The first-order chi connectivity index (χ1) is 20.0. The minimum absolute atomic E-state index is 0.0149. The summed E-state index contributed by atoms with van der Waals surface area (Å²) in [5, 5.41) is 6.29. The minimum Gasteiger partial charge on any atom is -0.406 e. The molecule has 2 amide bonds. The Labute approximate surface area is 242 Å². The fraction of sp³-hybridized carbons (Fsp3) is 0.367. The molecular weight excluding hydrogens is 549 g/mol. The van der Waals surface area contributed by atoms with E-state index in [0.29, 0.717) is 67.6 Å². The number of benzene rings is 2. The van der Waals surface area contributed by atoms with Crippen LogP contribution in [0.2, 0.25) is 0 Å². The van der Waals surface area contributed by atoms with E-state index in [0.717, 1.165) is 5.69 Å². The van der Waals surface area contributed by atoms with Crippen LogP contribution < -0.4 is 20.3 Å². The van der Waals surface area contributed by atoms with Crippen LogP contribution in [-0.2, 0) is 11.8 Å². The molecule has 2 aliphatic rings. The summed E-state index contributed by atoms with van der Waals surface area (Å²) >= 11 is 0. The normalized spacial score (nSPS) is 17.0. The van der Waals surface area contributed by atoms with Gasteiger partial charge in [0, 0.05) is 43.6 Å². The number of alkyl halides is 3. The Morgan fingerprint density at radius 2 is 1.76 bits per heavy atom. The van der Waals surface area contributed by atoms with Gasteiger partial charge in [-0.05, 0) is 69.2 Å². The first-order valence-corrected chi connectivity index (χ1v) is 13.8. The predicted octanol–water partition coefficient (Wildman–Crippen LogP) is 5.06. The van der Waals surface area contributed by atoms with Gasteiger partial charge in [-0.2, -0.15) is 0 Å². The molecule has 12 heteroatoms. The summed E-state index contributed by atoms with van der Waals surface area (Å²) in [6.45, 7) is 5.61. The van der Waals surface area contributed by atoms with Crippen LogP contribution in [0.1, 0.15) is 42.7 Å². The van der Waals surface area contributed by atoms with Crippen LogP contribution in [0, 0.1) is 0 Å². The van der Waals surface area contributed by atoms with Gasteiger partial charge in [-0.25, -0.2) is 0 Å². The number of nitrogens with zero attached hydrogens (tertiary/aromatic N) is 4. The third kappa shape index (κ3) is 5.65. The molecule has 0 saturated carbocycles. The topological polar surface area (TPSA) is 91.2 Å². The Morgan fingerprint density at radius 1 is 1.10 bits per heavy atom. The Hall–Kier alpha value is -4.48. The summed E-state index contributed by atoms with van der Waals surface area (Å²) in [5.41, 5.74) is 2.48. The number of hydrogen-bond donors (Lipinski definition) is 2. The Morgan fingerprint density at radius 3 is 2.38 bits per heavy atom. The van der Waals surface area contributed by atoms with Crippen LogP contribution >= 0.6 is 0 Å². The number of aromatic nitrogens is 1. The molecule has 0 unspecified atom stereocenters. The van der Waals surface area contributed by atoms with Gasteiger partial charge in [-0.1, -0.05) is 18.2 Å². The highest BCUT2D eigenvalue weighted by molar-refractivity contribution is 6.07. The number of carbonyl (C=O) groups excluding carboxylic acids is 2. The Balaban J connectivity index is 1.35. The summed E-state index contributed by atoms with van der Waals surface area (Å²) in [5.74, 6) is 0.214. The van der Waals surface area contributed by atoms with E-state index in [-0.39, 0.29) is 17.6 Å². The average molecular weight is 583 g/mol. The predicted molar refractivity (Wildman–Crippen MR) is 154 cm³/mol. The molecule has 0 radical (unpaired) electrons. The van der Waals surface area contributed by atoms with Crippen molar-refractivity contribution in [2.75, 3.05) is 36.5 Å². The lowest BCUT2D eigenvalue weighted by molar-refractivity contribution is -0.274. The number of likely N-dealkylation sites (tertiary alicyclic amines) is 1. The fourth-order valence-electron chi connectivity index (χ4n) is 5.72. The lowest BCUT2D eigenvalue weighted by Crippen LogP contribution is -2.57. The number of amides is 2. The number of nitrogens with one attached hydrogen (secondary N) is 2. The number of aliphatic imine (C=N–C) groups is 1. The van der Waals surface area contributed by atoms with Gasteiger partial charge < -0.3 is 29.7 Å². The largest absolute Gasteiger partial charge is 0.573 e. The number of anilines is 2. The zero-order valence-corrected chi connectivity index (χ0v) is 23.7. The second-order valence-corrected chi connectivity index (χ2v) is 10.4. The lowest BCUT2D eigenvalue weighted by Gasteiger charge is -2.43. The number of piperidine rings is 1. The van der Waals surface area contributed by atoms with Crippen molar-refractivity contribution in [2.45, 2.75) is 38.6 Å². The zero-order chi connectivity index (χ0) is 30.1. The van der Waals surface area contributed by atoms with Crippen LogP contribution in [0.5, 0.6) is 5.75 Å². The van der Waals surface area contributed by atoms with Gasteiger partial charge in [-0.15, -0.1) is 13.2 Å². The van der Waals surface area contributed by atoms with Crippen LogP contribution in [0.3, 0.4) is 0 Å². The monoisotopic (exact) mass is 582 g/mol. The number of hydrogen-bond acceptors (Lipinski definition) is 6. The standard InChI is InChI=1S/C30H33F3N6O3/c1-4-34-26-24(20(2)36-21-10-12-23(13-11-21)42-30(31,32)33)18-25(37(26)3)27(40)38-16-14-29(15-17-38)28(41)35-19-39(29)22-8-6-5-7-9-22/h5-13,18,34H,4,14-17,19H2,1-3H3,(H,35,41). The van der Waals surface area contributed by atoms with Crippen LogP contribution in [0.15, 0.2) is 65.7 Å². The lowest BCUT2D eigenvalue weighted by atomic mass is 9.85. The van der Waals surface area contributed by atoms with Crippen molar-refractivity contribution >= 4 is 34.7 Å². The van der Waals surface area contributed by atoms with E-state index in [1.54, 1.807) is 29.5 Å². The van der Waals surface area contributed by atoms with Gasteiger partial charge in [0.05, 0.1) is 12.4 Å². The number of ether oxygens (including phenoxy) is 1. The van der Waals surface area contributed by atoms with E-state index < -0.39 is 11.9 Å². The molecule has 2 saturated heterocycles. The van der Waals surface area contributed by atoms with E-state index in [2.05, 4.69) is 25.3 Å². The molecule has 2 aliphatic heterocycles. The number of halogens is 3. The van der Waals surface area contributed by atoms with Crippen molar-refractivity contribution in [3.63, 3.8) is 0 Å². The average Bonchev–Trinajstić information content (AvgIpc) is 3.46. The summed E-state index contributed by atoms with van der Waals surface area (Å²) < 4.78 is 43.2. The van der Waals surface area contributed by atoms with Gasteiger partial charge in [0.1, 0.15) is 22.8 Å². The second-order valence-electron chi connectivity index (χ2n) is 10.4. The zero-order valence-electron chi connectivity index (χ0n) is 23.7. The molecular formula is C30H33F3N6O3. The summed E-state index contributed by atoms with van der Waals surface area (Å²) in [6.07, 6.45) is -3.76. The molecule has 0 aliphatic carbocycles. The molecule has 2 N–H and O–H groups in total. The van der Waals surface area contributed by atoms with Crippen molar-refractivity contribution in [3.05, 3.63) is 71.9 Å². The molecule has 222 valence electrons. The molecule has 42 heavy (non-hydrogen) atoms. The van der Waals surface area contributed by atoms with E-state index in [9.17, 15) is 22.8 Å². The molecule has 3 aromatic rings. The Bertz CT molecular complexity index is 1480. The highest BCUT2D eigenvalue weighted by Crippen LogP contribution is 2.37. The van der Waals surface area contributed by atoms with E-state index in [4.69, 9.17) is 0 Å². The van der Waals surface area contributed by atoms with Crippen LogP contribution in [-0.4, -0.2) is 65.2 Å². The summed E-state index contributed by atoms with van der Waals surface area (Å²) in [6, 6.07) is 16.9. The maximum atomic E-state index is 13.8. The first kappa shape index (κ1) is 29.0. The van der Waals surface area contributed by atoms with E-state index in [1.165, 1.54) is 24.3 Å². The van der Waals surface area contributed by atoms with Crippen molar-refractivity contribution in [1.29, 1.82) is 0 Å². The summed E-state index contributed by atoms with van der Waals surface area (Å²) in [4.78, 5) is 35.3. The molecule has 2 aromatic carbocycles. The third-order valence-corrected chi connectivity index (χ3v) is 7.84. The molecule has 1 aromatic heterocycles. The molecule has 3 heterocycles. The first-order valence-electron chi connectivity index (χ1n) is 13.8. The second kappa shape index (κ2) is 11.4. The molecule has 9 nitrogen and oxygen atoms in total. The van der Waals surface area contributed by atoms with Gasteiger partial charge in [-0.3, -0.25) is 14.6 Å². The molecule has 0 atom stereocenters. The highest BCUT2D eigenvalue weighted by Gasteiger charge is 2.51. The van der Waals surface area contributed by atoms with Crippen LogP contribution in [0.4, 0.5) is 30.4 Å². The SMILES string of the molecule is CCNc1c(C(C)=Nc2ccc(OC(F)(F)F)cc2)cc(C(=O)N2CCC3(CC2)C(=O)NCN3c2ccccc2)n1C. The maximum Gasteiger partial charge on any atom is 0.573 e. The number of rotatable bonds is 7. The van der Waals surface area contributed by atoms with Gasteiger partial charge >= 0.3 is 6.36 Å². The van der Waals surface area contributed by atoms with Crippen molar-refractivity contribution in [2.24, 2.45) is 12.0 Å². The van der Waals surface area contributed by atoms with E-state index in [1.807, 2.05) is 37.3 Å². The summed E-state index contributed by atoms with van der Waals surface area (Å²) in [7, 11) is 1.80. The Kier molecular flexibility index (Phi) is 7.89. The fourth-order valence-corrected chi connectivity index (χ4v) is 5.72. The molecule has 0 bridgehead atoms. The third-order valence-electron chi connectivity index (χ3n) is 7.84. The van der Waals surface area contributed by atoms with Crippen molar-refractivity contribution < 1.29 is 27.5 Å². The molecule has 5 rings (SSSR count). The smallest absolute Gasteiger partial charge is 0.406 e. The highest BCUT2D eigenvalue weighted by atomic mass is 19.4. The number of carbonyl (C=O) groups is 2.